The van der Waals surface area contributed by atoms with Crippen molar-refractivity contribution in [1.82, 2.24) is 0 Å². The molecule has 2 nitrogen and oxygen atoms in total. The number of fused-ring (bicyclic) bond motifs is 11. The molecule has 0 amide bonds. The molecule has 0 N–H and O–H groups in total. The lowest BCUT2D eigenvalue weighted by Gasteiger charge is -2.45. The van der Waals surface area contributed by atoms with Crippen LogP contribution in [-0.4, -0.2) is 6.71 Å². The van der Waals surface area contributed by atoms with Crippen LogP contribution in [0.25, 0.3) is 32.3 Å². The summed E-state index contributed by atoms with van der Waals surface area (Å²) in [7, 11) is 0. The van der Waals surface area contributed by atoms with Gasteiger partial charge in [0.05, 0.1) is 11.4 Å². The molecule has 8 aromatic rings. The molecule has 0 saturated heterocycles. The van der Waals surface area contributed by atoms with Crippen molar-refractivity contribution in [2.75, 3.05) is 9.80 Å². The van der Waals surface area contributed by atoms with Gasteiger partial charge in [0.1, 0.15) is 0 Å². The number of thiophene rings is 1. The number of rotatable bonds is 4. The molecule has 5 aliphatic rings. The van der Waals surface area contributed by atoms with Gasteiger partial charge in [0.25, 0.3) is 6.71 Å². The minimum Gasteiger partial charge on any atom is -0.311 e. The van der Waals surface area contributed by atoms with Gasteiger partial charge in [-0.1, -0.05) is 192 Å². The number of benzene rings is 7. The average molecular weight is 959 g/mol. The molecule has 0 atom stereocenters. The SMILES string of the molecule is CC(C)(C)c1ccc(-c2ccc(N3c4ccc(C(C)(C)C)cc4B4c5sc6ccc(C7CCCCC7)cc6c5N(c5cccc6c5-c5ccccc5C65CCCCC5)c5cc(C(C)(C)C)cc3c54)cc2)cc1. The first-order valence-electron chi connectivity index (χ1n) is 27.5. The van der Waals surface area contributed by atoms with Gasteiger partial charge in [0, 0.05) is 48.6 Å². The maximum absolute atomic E-state index is 2.82. The lowest BCUT2D eigenvalue weighted by Crippen LogP contribution is -2.60. The highest BCUT2D eigenvalue weighted by atomic mass is 32.1. The molecule has 0 unspecified atom stereocenters. The van der Waals surface area contributed by atoms with Crippen LogP contribution in [0.2, 0.25) is 0 Å². The third-order valence-corrected chi connectivity index (χ3v) is 19.1. The predicted molar refractivity (Wildman–Crippen MR) is 313 cm³/mol. The second-order valence-electron chi connectivity index (χ2n) is 25.5. The molecule has 0 bridgehead atoms. The fourth-order valence-electron chi connectivity index (χ4n) is 14.0. The molecule has 362 valence electrons. The average Bonchev–Trinajstić information content (AvgIpc) is 3.88. The summed E-state index contributed by atoms with van der Waals surface area (Å²) < 4.78 is 2.87. The lowest BCUT2D eigenvalue weighted by molar-refractivity contribution is 0.353. The van der Waals surface area contributed by atoms with Gasteiger partial charge in [-0.05, 0) is 157 Å². The van der Waals surface area contributed by atoms with Crippen LogP contribution in [0.4, 0.5) is 34.1 Å². The largest absolute Gasteiger partial charge is 0.311 e. The van der Waals surface area contributed by atoms with E-state index in [9.17, 15) is 0 Å². The van der Waals surface area contributed by atoms with Crippen LogP contribution in [-0.2, 0) is 21.7 Å². The first-order valence-corrected chi connectivity index (χ1v) is 28.3. The highest BCUT2D eigenvalue weighted by molar-refractivity contribution is 7.33. The fourth-order valence-corrected chi connectivity index (χ4v) is 15.3. The molecule has 0 radical (unpaired) electrons. The van der Waals surface area contributed by atoms with Crippen LogP contribution in [0.1, 0.15) is 166 Å². The van der Waals surface area contributed by atoms with Crippen molar-refractivity contribution in [3.63, 3.8) is 0 Å². The Labute approximate surface area is 434 Å². The highest BCUT2D eigenvalue weighted by Crippen LogP contribution is 2.60. The standard InChI is InChI=1S/C68H71BN2S/c1-65(2,3)47-30-25-44(26-31-47)45-27-33-50(34-28-45)70-56-35-32-48(66(4,5)6)40-55(56)69-62-58(70)41-49(67(7,8)9)42-59(62)71(63-52-39-46(43-19-12-10-13-20-43)29-36-60(52)72-64(63)69)57-24-18-23-54-61(57)51-21-14-15-22-53(51)68(54)37-16-11-17-38-68/h14-15,18,21-36,39-43H,10-13,16-17,19-20,37-38H2,1-9H3. The van der Waals surface area contributed by atoms with Gasteiger partial charge >= 0.3 is 0 Å². The van der Waals surface area contributed by atoms with Crippen molar-refractivity contribution in [1.29, 1.82) is 0 Å². The van der Waals surface area contributed by atoms with Gasteiger partial charge in [0.15, 0.2) is 0 Å². The normalized spacial score (nSPS) is 17.2. The van der Waals surface area contributed by atoms with E-state index in [1.54, 1.807) is 11.1 Å². The second-order valence-corrected chi connectivity index (χ2v) is 26.6. The minimum absolute atomic E-state index is 0.0189. The zero-order valence-electron chi connectivity index (χ0n) is 44.3. The summed E-state index contributed by atoms with van der Waals surface area (Å²) in [5, 5.41) is 1.42. The van der Waals surface area contributed by atoms with E-state index in [0.717, 1.165) is 0 Å². The van der Waals surface area contributed by atoms with Crippen molar-refractivity contribution < 1.29 is 0 Å². The minimum atomic E-state index is -0.111. The van der Waals surface area contributed by atoms with Crippen LogP contribution < -0.4 is 25.5 Å². The van der Waals surface area contributed by atoms with Crippen molar-refractivity contribution in [3.8, 4) is 22.3 Å². The predicted octanol–water partition coefficient (Wildman–Crippen LogP) is 17.8. The first kappa shape index (κ1) is 46.0. The van der Waals surface area contributed by atoms with Crippen LogP contribution in [0, 0.1) is 0 Å². The number of anilines is 6. The molecule has 2 aliphatic heterocycles. The Morgan fingerprint density at radius 1 is 0.514 bits per heavy atom. The topological polar surface area (TPSA) is 6.48 Å². The number of hydrogen-bond acceptors (Lipinski definition) is 3. The quantitative estimate of drug-likeness (QED) is 0.162. The molecule has 2 fully saturated rings. The van der Waals surface area contributed by atoms with Gasteiger partial charge in [-0.2, -0.15) is 0 Å². The van der Waals surface area contributed by atoms with Crippen molar-refractivity contribution in [2.24, 2.45) is 0 Å². The maximum atomic E-state index is 2.82. The van der Waals surface area contributed by atoms with Crippen molar-refractivity contribution in [3.05, 3.63) is 173 Å². The van der Waals surface area contributed by atoms with E-state index in [4.69, 9.17) is 0 Å². The molecule has 3 aliphatic carbocycles. The molecule has 72 heavy (non-hydrogen) atoms. The number of nitrogens with zero attached hydrogens (tertiary/aromatic N) is 2. The van der Waals surface area contributed by atoms with Gasteiger partial charge in [0.2, 0.25) is 0 Å². The Balaban J connectivity index is 1.10. The summed E-state index contributed by atoms with van der Waals surface area (Å²) in [5.41, 5.74) is 24.8. The monoisotopic (exact) mass is 959 g/mol. The van der Waals surface area contributed by atoms with E-state index >= 15 is 0 Å². The highest BCUT2D eigenvalue weighted by Gasteiger charge is 2.49. The Morgan fingerprint density at radius 3 is 1.83 bits per heavy atom. The Bertz CT molecular complexity index is 3430. The zero-order chi connectivity index (χ0) is 49.5. The summed E-state index contributed by atoms with van der Waals surface area (Å²) in [5.74, 6) is 0.619. The lowest BCUT2D eigenvalue weighted by atomic mass is 9.36. The third-order valence-electron chi connectivity index (χ3n) is 17.9. The number of hydrogen-bond donors (Lipinski definition) is 0. The van der Waals surface area contributed by atoms with Gasteiger partial charge < -0.3 is 9.80 Å². The maximum Gasteiger partial charge on any atom is 0.264 e. The smallest absolute Gasteiger partial charge is 0.264 e. The van der Waals surface area contributed by atoms with Gasteiger partial charge in [-0.3, -0.25) is 0 Å². The molecule has 1 aromatic heterocycles. The van der Waals surface area contributed by atoms with Gasteiger partial charge in [-0.15, -0.1) is 11.3 Å². The summed E-state index contributed by atoms with van der Waals surface area (Å²) in [4.78, 5) is 5.46. The molecule has 1 spiro atoms. The summed E-state index contributed by atoms with van der Waals surface area (Å²) in [6.45, 7) is 21.3. The molecule has 7 aromatic carbocycles. The Morgan fingerprint density at radius 2 is 1.14 bits per heavy atom. The molecule has 13 rings (SSSR count). The van der Waals surface area contributed by atoms with Crippen LogP contribution in [0.5, 0.6) is 0 Å². The van der Waals surface area contributed by atoms with Crippen LogP contribution >= 0.6 is 11.3 Å². The molecule has 3 heterocycles. The van der Waals surface area contributed by atoms with E-state index in [1.807, 2.05) is 0 Å². The summed E-state index contributed by atoms with van der Waals surface area (Å²) >= 11 is 2.06. The summed E-state index contributed by atoms with van der Waals surface area (Å²) in [6.07, 6.45) is 12.9. The Hall–Kier alpha value is -5.84. The Kier molecular flexibility index (Phi) is 10.6. The van der Waals surface area contributed by atoms with Gasteiger partial charge in [-0.25, -0.2) is 0 Å². The van der Waals surface area contributed by atoms with Crippen LogP contribution in [0.3, 0.4) is 0 Å². The van der Waals surface area contributed by atoms with Crippen LogP contribution in [0.15, 0.2) is 140 Å². The molecule has 2 saturated carbocycles. The molecule has 4 heteroatoms. The molecular formula is C68H71BN2S. The van der Waals surface area contributed by atoms with Crippen molar-refractivity contribution in [2.45, 2.75) is 154 Å². The first-order chi connectivity index (χ1) is 34.6. The van der Waals surface area contributed by atoms with Crippen molar-refractivity contribution >= 4 is 78.0 Å². The van der Waals surface area contributed by atoms with E-state index < -0.39 is 0 Å². The third kappa shape index (κ3) is 7.15. The molecular weight excluding hydrogens is 888 g/mol. The zero-order valence-corrected chi connectivity index (χ0v) is 45.1. The van der Waals surface area contributed by atoms with E-state index in [2.05, 4.69) is 223 Å². The fraction of sp³-hybridized carbons (Fsp3) is 0.353. The second kappa shape index (κ2) is 16.6. The van der Waals surface area contributed by atoms with E-state index in [1.165, 1.54) is 169 Å². The van der Waals surface area contributed by atoms with E-state index in [-0.39, 0.29) is 28.4 Å². The summed E-state index contributed by atoms with van der Waals surface area (Å²) in [6, 6.07) is 56.0. The van der Waals surface area contributed by atoms with E-state index in [0.29, 0.717) is 5.92 Å².